The Morgan fingerprint density at radius 3 is 2.76 bits per heavy atom. The molecule has 0 saturated carbocycles. The molecule has 2 aromatic rings. The summed E-state index contributed by atoms with van der Waals surface area (Å²) in [6.07, 6.45) is 0. The van der Waals surface area contributed by atoms with Crippen LogP contribution in [0.4, 0.5) is 11.4 Å². The number of benzene rings is 1. The first kappa shape index (κ1) is 15.5. The van der Waals surface area contributed by atoms with Gasteiger partial charge in [-0.25, -0.2) is 0 Å². The zero-order chi connectivity index (χ0) is 15.6. The molecule has 0 fully saturated rings. The number of anilines is 1. The fourth-order valence-corrected chi connectivity index (χ4v) is 3.34. The molecule has 0 radical (unpaired) electrons. The Hall–Kier alpha value is -1.93. The molecule has 0 aliphatic carbocycles. The predicted molar refractivity (Wildman–Crippen MR) is 85.3 cm³/mol. The Morgan fingerprint density at radius 1 is 1.48 bits per heavy atom. The number of carbonyl (C=O) groups is 1. The van der Waals surface area contributed by atoms with Crippen molar-refractivity contribution in [2.75, 3.05) is 12.8 Å². The summed E-state index contributed by atoms with van der Waals surface area (Å²) in [4.78, 5) is 25.2. The Balaban J connectivity index is 2.26. The summed E-state index contributed by atoms with van der Waals surface area (Å²) in [5, 5.41) is 12.9. The van der Waals surface area contributed by atoms with Crippen LogP contribution in [0.5, 0.6) is 0 Å². The summed E-state index contributed by atoms with van der Waals surface area (Å²) < 4.78 is 0.943. The molecule has 0 unspecified atom stereocenters. The molecule has 0 bridgehead atoms. The molecule has 0 aliphatic rings. The molecule has 8 heteroatoms. The van der Waals surface area contributed by atoms with Gasteiger partial charge in [-0.3, -0.25) is 14.9 Å². The van der Waals surface area contributed by atoms with Crippen molar-refractivity contribution in [3.05, 3.63) is 54.7 Å². The number of rotatable bonds is 4. The largest absolute Gasteiger partial charge is 0.399 e. The zero-order valence-corrected chi connectivity index (χ0v) is 13.5. The normalized spacial score (nSPS) is 10.4. The van der Waals surface area contributed by atoms with Crippen LogP contribution in [0.2, 0.25) is 0 Å². The third-order valence-electron chi connectivity index (χ3n) is 2.81. The highest BCUT2D eigenvalue weighted by molar-refractivity contribution is 9.10. The lowest BCUT2D eigenvalue weighted by atomic mass is 10.1. The SMILES string of the molecule is CN(Cc1cc(Br)cs1)C(=O)c1cc(N)ccc1[N+](=O)[O-]. The second-order valence-electron chi connectivity index (χ2n) is 4.43. The second-order valence-corrected chi connectivity index (χ2v) is 6.34. The molecule has 1 aromatic heterocycles. The van der Waals surface area contributed by atoms with Gasteiger partial charge in [-0.05, 0) is 34.1 Å². The number of carbonyl (C=O) groups excluding carboxylic acids is 1. The van der Waals surface area contributed by atoms with Crippen LogP contribution in [0.3, 0.4) is 0 Å². The average Bonchev–Trinajstić information content (AvgIpc) is 2.82. The molecule has 2 rings (SSSR count). The maximum atomic E-state index is 12.4. The number of nitrogen functional groups attached to an aromatic ring is 1. The number of hydrogen-bond acceptors (Lipinski definition) is 5. The third kappa shape index (κ3) is 3.59. The summed E-state index contributed by atoms with van der Waals surface area (Å²) in [6.45, 7) is 0.376. The van der Waals surface area contributed by atoms with E-state index in [0.29, 0.717) is 12.2 Å². The van der Waals surface area contributed by atoms with Crippen molar-refractivity contribution in [3.63, 3.8) is 0 Å². The minimum Gasteiger partial charge on any atom is -0.399 e. The minimum atomic E-state index is -0.581. The standard InChI is InChI=1S/C13H12BrN3O3S/c1-16(6-10-4-8(14)7-21-10)13(18)11-5-9(15)2-3-12(11)17(19)20/h2-5,7H,6,15H2,1H3. The smallest absolute Gasteiger partial charge is 0.282 e. The van der Waals surface area contributed by atoms with Crippen LogP contribution < -0.4 is 5.73 Å². The maximum absolute atomic E-state index is 12.4. The maximum Gasteiger partial charge on any atom is 0.282 e. The van der Waals surface area contributed by atoms with Gasteiger partial charge in [0.1, 0.15) is 5.56 Å². The Labute approximate surface area is 133 Å². The van der Waals surface area contributed by atoms with Crippen molar-refractivity contribution in [1.29, 1.82) is 0 Å². The van der Waals surface area contributed by atoms with Crippen molar-refractivity contribution < 1.29 is 9.72 Å². The Bertz CT molecular complexity index is 702. The number of nitro groups is 1. The summed E-state index contributed by atoms with van der Waals surface area (Å²) in [5.74, 6) is -0.432. The Morgan fingerprint density at radius 2 is 2.19 bits per heavy atom. The van der Waals surface area contributed by atoms with E-state index in [4.69, 9.17) is 5.73 Å². The first-order valence-electron chi connectivity index (χ1n) is 5.91. The van der Waals surface area contributed by atoms with Crippen LogP contribution in [0.25, 0.3) is 0 Å². The van der Waals surface area contributed by atoms with Gasteiger partial charge in [0.05, 0.1) is 11.5 Å². The van der Waals surface area contributed by atoms with Gasteiger partial charge in [0.2, 0.25) is 0 Å². The van der Waals surface area contributed by atoms with Gasteiger partial charge in [0.15, 0.2) is 0 Å². The molecule has 1 aromatic carbocycles. The van der Waals surface area contributed by atoms with Crippen LogP contribution in [0.1, 0.15) is 15.2 Å². The number of halogens is 1. The lowest BCUT2D eigenvalue weighted by molar-refractivity contribution is -0.385. The first-order valence-corrected chi connectivity index (χ1v) is 7.58. The van der Waals surface area contributed by atoms with Crippen molar-refractivity contribution in [2.24, 2.45) is 0 Å². The first-order chi connectivity index (χ1) is 9.88. The number of nitrogens with two attached hydrogens (primary N) is 1. The quantitative estimate of drug-likeness (QED) is 0.508. The molecule has 2 N–H and O–H groups in total. The Kier molecular flexibility index (Phi) is 4.59. The molecule has 0 atom stereocenters. The summed E-state index contributed by atoms with van der Waals surface area (Å²) in [6, 6.07) is 5.90. The molecular weight excluding hydrogens is 358 g/mol. The van der Waals surface area contributed by atoms with Crippen LogP contribution >= 0.6 is 27.3 Å². The lowest BCUT2D eigenvalue weighted by Crippen LogP contribution is -2.26. The van der Waals surface area contributed by atoms with Crippen LogP contribution in [-0.2, 0) is 6.54 Å². The fourth-order valence-electron chi connectivity index (χ4n) is 1.83. The monoisotopic (exact) mass is 369 g/mol. The number of thiophene rings is 1. The van der Waals surface area contributed by atoms with Crippen LogP contribution in [0, 0.1) is 10.1 Å². The molecule has 0 spiro atoms. The highest BCUT2D eigenvalue weighted by Gasteiger charge is 2.23. The van der Waals surface area contributed by atoms with E-state index in [1.54, 1.807) is 7.05 Å². The van der Waals surface area contributed by atoms with E-state index in [-0.39, 0.29) is 11.3 Å². The van der Waals surface area contributed by atoms with Gasteiger partial charge in [-0.1, -0.05) is 0 Å². The number of nitrogens with zero attached hydrogens (tertiary/aromatic N) is 2. The predicted octanol–water partition coefficient (Wildman–Crippen LogP) is 3.27. The second kappa shape index (κ2) is 6.23. The number of amides is 1. The molecule has 1 amide bonds. The molecule has 6 nitrogen and oxygen atoms in total. The molecule has 1 heterocycles. The van der Waals surface area contributed by atoms with E-state index in [1.165, 1.54) is 34.4 Å². The zero-order valence-electron chi connectivity index (χ0n) is 11.1. The molecular formula is C13H12BrN3O3S. The summed E-state index contributed by atoms with van der Waals surface area (Å²) >= 11 is 4.85. The van der Waals surface area contributed by atoms with Crippen molar-refractivity contribution in [3.8, 4) is 0 Å². The molecule has 110 valence electrons. The molecule has 0 saturated heterocycles. The van der Waals surface area contributed by atoms with E-state index in [0.717, 1.165) is 9.35 Å². The van der Waals surface area contributed by atoms with Gasteiger partial charge in [0.25, 0.3) is 11.6 Å². The molecule has 21 heavy (non-hydrogen) atoms. The minimum absolute atomic E-state index is 0.00174. The van der Waals surface area contributed by atoms with Gasteiger partial charge >= 0.3 is 0 Å². The highest BCUT2D eigenvalue weighted by Crippen LogP contribution is 2.25. The molecule has 0 aliphatic heterocycles. The van der Waals surface area contributed by atoms with Crippen LogP contribution in [-0.4, -0.2) is 22.8 Å². The number of hydrogen-bond donors (Lipinski definition) is 1. The fraction of sp³-hybridized carbons (Fsp3) is 0.154. The summed E-state index contributed by atoms with van der Waals surface area (Å²) in [5.41, 5.74) is 5.70. The van der Waals surface area contributed by atoms with E-state index in [9.17, 15) is 14.9 Å². The van der Waals surface area contributed by atoms with Crippen molar-refractivity contribution in [2.45, 2.75) is 6.54 Å². The summed E-state index contributed by atoms with van der Waals surface area (Å²) in [7, 11) is 1.60. The highest BCUT2D eigenvalue weighted by atomic mass is 79.9. The average molecular weight is 370 g/mol. The van der Waals surface area contributed by atoms with Crippen molar-refractivity contribution >= 4 is 44.5 Å². The van der Waals surface area contributed by atoms with E-state index in [2.05, 4.69) is 15.9 Å². The lowest BCUT2D eigenvalue weighted by Gasteiger charge is -2.16. The third-order valence-corrected chi connectivity index (χ3v) is 4.49. The van der Waals surface area contributed by atoms with E-state index >= 15 is 0 Å². The number of nitro benzene ring substituents is 1. The van der Waals surface area contributed by atoms with Gasteiger partial charge in [-0.2, -0.15) is 0 Å². The van der Waals surface area contributed by atoms with Gasteiger partial charge < -0.3 is 10.6 Å². The topological polar surface area (TPSA) is 89.5 Å². The van der Waals surface area contributed by atoms with Gasteiger partial charge in [0, 0.05) is 33.5 Å². The van der Waals surface area contributed by atoms with Crippen LogP contribution in [0.15, 0.2) is 34.1 Å². The van der Waals surface area contributed by atoms with E-state index in [1.807, 2.05) is 11.4 Å². The van der Waals surface area contributed by atoms with E-state index < -0.39 is 10.8 Å². The van der Waals surface area contributed by atoms with Crippen molar-refractivity contribution in [1.82, 2.24) is 4.90 Å². The van der Waals surface area contributed by atoms with Gasteiger partial charge in [-0.15, -0.1) is 11.3 Å².